The summed E-state index contributed by atoms with van der Waals surface area (Å²) < 4.78 is 23.6. The van der Waals surface area contributed by atoms with E-state index in [0.717, 1.165) is 29.5 Å². The van der Waals surface area contributed by atoms with Crippen LogP contribution in [-0.2, 0) is 9.84 Å². The summed E-state index contributed by atoms with van der Waals surface area (Å²) in [6.07, 6.45) is 0. The molecule has 0 spiro atoms. The van der Waals surface area contributed by atoms with Crippen molar-refractivity contribution in [1.82, 2.24) is 4.90 Å². The molecule has 5 rings (SSSR count). The molecule has 2 atom stereocenters. The summed E-state index contributed by atoms with van der Waals surface area (Å²) in [7, 11) is -2.97. The van der Waals surface area contributed by atoms with Crippen molar-refractivity contribution in [2.24, 2.45) is 4.99 Å². The molecule has 168 valence electrons. The Morgan fingerprint density at radius 2 is 1.81 bits per heavy atom. The molecule has 2 fully saturated rings. The number of anilines is 2. The average Bonchev–Trinajstić information content (AvgIpc) is 3.28. The van der Waals surface area contributed by atoms with E-state index in [1.165, 1.54) is 17.4 Å². The minimum Gasteiger partial charge on any atom is -0.368 e. The number of amides is 1. The fourth-order valence-corrected chi connectivity index (χ4v) is 8.08. The zero-order valence-electron chi connectivity index (χ0n) is 17.9. The van der Waals surface area contributed by atoms with Gasteiger partial charge < -0.3 is 15.1 Å². The highest BCUT2D eigenvalue weighted by Crippen LogP contribution is 2.35. The number of fused-ring (bicyclic) bond motifs is 1. The number of sulfone groups is 1. The van der Waals surface area contributed by atoms with Gasteiger partial charge in [0.1, 0.15) is 0 Å². The van der Waals surface area contributed by atoms with Gasteiger partial charge in [-0.1, -0.05) is 36.0 Å². The van der Waals surface area contributed by atoms with E-state index in [-0.39, 0.29) is 28.7 Å². The van der Waals surface area contributed by atoms with Gasteiger partial charge >= 0.3 is 0 Å². The summed E-state index contributed by atoms with van der Waals surface area (Å²) in [6, 6.07) is 15.8. The molecule has 3 aliphatic heterocycles. The lowest BCUT2D eigenvalue weighted by Crippen LogP contribution is -2.48. The first-order valence-electron chi connectivity index (χ1n) is 10.8. The highest BCUT2D eigenvalue weighted by Gasteiger charge is 2.42. The largest absolute Gasteiger partial charge is 0.368 e. The van der Waals surface area contributed by atoms with Crippen LogP contribution in [0.15, 0.2) is 53.5 Å². The molecule has 2 saturated heterocycles. The Morgan fingerprint density at radius 3 is 2.53 bits per heavy atom. The van der Waals surface area contributed by atoms with Crippen molar-refractivity contribution in [1.29, 1.82) is 0 Å². The van der Waals surface area contributed by atoms with Gasteiger partial charge in [0, 0.05) is 48.4 Å². The van der Waals surface area contributed by atoms with Crippen molar-refractivity contribution in [2.45, 2.75) is 18.2 Å². The minimum atomic E-state index is -2.97. The van der Waals surface area contributed by atoms with Gasteiger partial charge in [0.15, 0.2) is 15.0 Å². The van der Waals surface area contributed by atoms with E-state index < -0.39 is 9.84 Å². The molecule has 1 N–H and O–H groups in total. The van der Waals surface area contributed by atoms with Crippen molar-refractivity contribution in [3.63, 3.8) is 0 Å². The fourth-order valence-electron chi connectivity index (χ4n) is 4.41. The second-order valence-electron chi connectivity index (χ2n) is 8.50. The van der Waals surface area contributed by atoms with Gasteiger partial charge in [0.2, 0.25) is 0 Å². The van der Waals surface area contributed by atoms with E-state index in [4.69, 9.17) is 0 Å². The van der Waals surface area contributed by atoms with Gasteiger partial charge in [-0.3, -0.25) is 9.79 Å². The molecule has 0 radical (unpaired) electrons. The van der Waals surface area contributed by atoms with Crippen molar-refractivity contribution < 1.29 is 13.2 Å². The zero-order valence-corrected chi connectivity index (χ0v) is 19.5. The van der Waals surface area contributed by atoms with E-state index >= 15 is 0 Å². The third-order valence-electron chi connectivity index (χ3n) is 6.23. The van der Waals surface area contributed by atoms with Crippen LogP contribution in [-0.4, -0.2) is 73.4 Å². The van der Waals surface area contributed by atoms with E-state index in [0.29, 0.717) is 18.7 Å². The highest BCUT2D eigenvalue weighted by atomic mass is 32.2. The number of hydrogen-bond acceptors (Lipinski definition) is 7. The Balaban J connectivity index is 1.25. The SMILES string of the molecule is Cc1ccc(C(=O)N2CCN(c3ccccc3)CC2)cc1NC1=N[C@H]2CS(=O)(=O)C[C@@H]2S1. The van der Waals surface area contributed by atoms with Gasteiger partial charge in [0.05, 0.1) is 17.5 Å². The molecule has 7 nitrogen and oxygen atoms in total. The molecular weight excluding hydrogens is 444 g/mol. The lowest BCUT2D eigenvalue weighted by Gasteiger charge is -2.36. The van der Waals surface area contributed by atoms with E-state index in [9.17, 15) is 13.2 Å². The number of nitrogens with one attached hydrogen (secondary N) is 1. The summed E-state index contributed by atoms with van der Waals surface area (Å²) in [5.74, 6) is 0.343. The molecule has 0 bridgehead atoms. The van der Waals surface area contributed by atoms with Crippen molar-refractivity contribution >= 4 is 44.0 Å². The first kappa shape index (κ1) is 21.3. The molecule has 9 heteroatoms. The Morgan fingerprint density at radius 1 is 1.06 bits per heavy atom. The van der Waals surface area contributed by atoms with Crippen LogP contribution in [0.2, 0.25) is 0 Å². The number of carbonyl (C=O) groups is 1. The first-order valence-corrected chi connectivity index (χ1v) is 13.5. The van der Waals surface area contributed by atoms with Crippen molar-refractivity contribution in [3.05, 3.63) is 59.7 Å². The Kier molecular flexibility index (Phi) is 5.63. The number of para-hydroxylation sites is 1. The molecule has 2 aromatic carbocycles. The second kappa shape index (κ2) is 8.44. The van der Waals surface area contributed by atoms with Crippen LogP contribution < -0.4 is 10.2 Å². The first-order chi connectivity index (χ1) is 15.4. The van der Waals surface area contributed by atoms with Gasteiger partial charge in [-0.05, 0) is 36.8 Å². The molecule has 2 aromatic rings. The number of nitrogens with zero attached hydrogens (tertiary/aromatic N) is 3. The second-order valence-corrected chi connectivity index (χ2v) is 11.9. The number of rotatable bonds is 3. The quantitative estimate of drug-likeness (QED) is 0.743. The van der Waals surface area contributed by atoms with E-state index in [2.05, 4.69) is 27.3 Å². The third kappa shape index (κ3) is 4.36. The summed E-state index contributed by atoms with van der Waals surface area (Å²) in [5, 5.41) is 4.06. The standard InChI is InChI=1S/C23H26N4O3S2/c1-16-7-8-17(13-19(16)24-23-25-20-14-32(29,30)15-21(20)31-23)22(28)27-11-9-26(10-12-27)18-5-3-2-4-6-18/h2-8,13,20-21H,9-12,14-15H2,1H3,(H,24,25)/t20-,21-/m0/s1. The number of amidine groups is 1. The van der Waals surface area contributed by atoms with Crippen LogP contribution in [0.4, 0.5) is 11.4 Å². The molecule has 0 aliphatic carbocycles. The van der Waals surface area contributed by atoms with Gasteiger partial charge in [-0.15, -0.1) is 0 Å². The summed E-state index contributed by atoms with van der Waals surface area (Å²) in [5.41, 5.74) is 3.70. The number of aliphatic imine (C=N–C) groups is 1. The number of carbonyl (C=O) groups excluding carboxylic acids is 1. The molecule has 3 aliphatic rings. The summed E-state index contributed by atoms with van der Waals surface area (Å²) in [6.45, 7) is 4.98. The molecule has 0 unspecified atom stereocenters. The Hall–Kier alpha value is -2.52. The maximum absolute atomic E-state index is 13.2. The Labute approximate surface area is 192 Å². The number of benzene rings is 2. The van der Waals surface area contributed by atoms with Gasteiger partial charge in [-0.25, -0.2) is 8.42 Å². The van der Waals surface area contributed by atoms with Crippen LogP contribution in [0.5, 0.6) is 0 Å². The van der Waals surface area contributed by atoms with Crippen LogP contribution >= 0.6 is 11.8 Å². The lowest BCUT2D eigenvalue weighted by molar-refractivity contribution is 0.0747. The van der Waals surface area contributed by atoms with Crippen LogP contribution in [0.1, 0.15) is 15.9 Å². The topological polar surface area (TPSA) is 82.1 Å². The number of piperazine rings is 1. The predicted molar refractivity (Wildman–Crippen MR) is 131 cm³/mol. The monoisotopic (exact) mass is 470 g/mol. The van der Waals surface area contributed by atoms with Crippen LogP contribution in [0.25, 0.3) is 0 Å². The zero-order chi connectivity index (χ0) is 22.3. The van der Waals surface area contributed by atoms with Gasteiger partial charge in [-0.2, -0.15) is 0 Å². The van der Waals surface area contributed by atoms with Gasteiger partial charge in [0.25, 0.3) is 5.91 Å². The van der Waals surface area contributed by atoms with Crippen LogP contribution in [0, 0.1) is 6.92 Å². The molecule has 3 heterocycles. The van der Waals surface area contributed by atoms with Crippen molar-refractivity contribution in [3.8, 4) is 0 Å². The summed E-state index contributed by atoms with van der Waals surface area (Å²) in [4.78, 5) is 21.9. The smallest absolute Gasteiger partial charge is 0.254 e. The number of aryl methyl sites for hydroxylation is 1. The van der Waals surface area contributed by atoms with Crippen LogP contribution in [0.3, 0.4) is 0 Å². The minimum absolute atomic E-state index is 0.00599. The molecular formula is C23H26N4O3S2. The number of hydrogen-bond donors (Lipinski definition) is 1. The predicted octanol–water partition coefficient (Wildman–Crippen LogP) is 2.64. The van der Waals surface area contributed by atoms with E-state index in [1.807, 2.05) is 48.2 Å². The molecule has 0 aromatic heterocycles. The lowest BCUT2D eigenvalue weighted by atomic mass is 10.1. The highest BCUT2D eigenvalue weighted by molar-refractivity contribution is 8.15. The number of thioether (sulfide) groups is 1. The fraction of sp³-hybridized carbons (Fsp3) is 0.391. The molecule has 32 heavy (non-hydrogen) atoms. The summed E-state index contributed by atoms with van der Waals surface area (Å²) >= 11 is 1.49. The Bertz CT molecular complexity index is 1160. The van der Waals surface area contributed by atoms with E-state index in [1.54, 1.807) is 0 Å². The molecule has 1 amide bonds. The maximum atomic E-state index is 13.2. The third-order valence-corrected chi connectivity index (χ3v) is 9.37. The average molecular weight is 471 g/mol. The van der Waals surface area contributed by atoms with Crippen molar-refractivity contribution in [2.75, 3.05) is 47.9 Å². The maximum Gasteiger partial charge on any atom is 0.254 e. The molecule has 0 saturated carbocycles. The normalized spacial score (nSPS) is 24.2.